The molecule has 22 heavy (non-hydrogen) atoms. The molecule has 4 heteroatoms. The molecule has 0 aromatic heterocycles. The van der Waals surface area contributed by atoms with Gasteiger partial charge >= 0.3 is 6.09 Å². The van der Waals surface area contributed by atoms with Crippen molar-refractivity contribution in [1.29, 1.82) is 0 Å². The van der Waals surface area contributed by atoms with Crippen LogP contribution in [0.4, 0.5) is 4.79 Å². The van der Waals surface area contributed by atoms with Gasteiger partial charge in [-0.15, -0.1) is 0 Å². The molecule has 1 aliphatic rings. The number of ether oxygens (including phenoxy) is 1. The summed E-state index contributed by atoms with van der Waals surface area (Å²) in [4.78, 5) is 13.5. The van der Waals surface area contributed by atoms with Gasteiger partial charge in [-0.2, -0.15) is 0 Å². The van der Waals surface area contributed by atoms with Gasteiger partial charge in [-0.3, -0.25) is 0 Å². The molecule has 1 saturated carbocycles. The lowest BCUT2D eigenvalue weighted by molar-refractivity contribution is -0.0445. The molecular weight excluding hydrogens is 278 g/mol. The molecular formula is C18H27NO3. The van der Waals surface area contributed by atoms with E-state index in [1.807, 2.05) is 30.3 Å². The lowest BCUT2D eigenvalue weighted by atomic mass is 9.71. The van der Waals surface area contributed by atoms with Gasteiger partial charge in [-0.25, -0.2) is 4.79 Å². The topological polar surface area (TPSA) is 49.8 Å². The molecule has 1 aromatic rings. The first-order valence-electron chi connectivity index (χ1n) is 7.94. The number of likely N-dealkylation sites (N-methyl/N-ethyl adjacent to an activating group) is 1. The number of hydrogen-bond acceptors (Lipinski definition) is 3. The van der Waals surface area contributed by atoms with Crippen LogP contribution in [-0.2, 0) is 11.3 Å². The average Bonchev–Trinajstić information content (AvgIpc) is 2.49. The summed E-state index contributed by atoms with van der Waals surface area (Å²) in [5.74, 6) is 0. The van der Waals surface area contributed by atoms with Crippen LogP contribution in [0, 0.1) is 5.41 Å². The van der Waals surface area contributed by atoms with Gasteiger partial charge in [-0.1, -0.05) is 44.2 Å². The highest BCUT2D eigenvalue weighted by molar-refractivity contribution is 5.67. The zero-order valence-corrected chi connectivity index (χ0v) is 13.8. The lowest BCUT2D eigenvalue weighted by Gasteiger charge is -2.41. The van der Waals surface area contributed by atoms with Crippen LogP contribution in [0.15, 0.2) is 30.3 Å². The minimum Gasteiger partial charge on any atom is -0.445 e. The zero-order chi connectivity index (χ0) is 16.2. The maximum Gasteiger partial charge on any atom is 0.409 e. The van der Waals surface area contributed by atoms with E-state index in [-0.39, 0.29) is 12.7 Å². The Morgan fingerprint density at radius 1 is 1.18 bits per heavy atom. The minimum atomic E-state index is -0.782. The van der Waals surface area contributed by atoms with Gasteiger partial charge in [0.1, 0.15) is 6.61 Å². The maximum absolute atomic E-state index is 12.1. The summed E-state index contributed by atoms with van der Waals surface area (Å²) in [5, 5.41) is 10.7. The third-order valence-electron chi connectivity index (χ3n) is 4.58. The summed E-state index contributed by atoms with van der Waals surface area (Å²) in [6.07, 6.45) is 3.04. The number of carbonyl (C=O) groups is 1. The minimum absolute atomic E-state index is 0.259. The fourth-order valence-electron chi connectivity index (χ4n) is 2.89. The second-order valence-electron chi connectivity index (χ2n) is 7.28. The average molecular weight is 305 g/mol. The molecule has 0 spiro atoms. The summed E-state index contributed by atoms with van der Waals surface area (Å²) in [5.41, 5.74) is 0.469. The van der Waals surface area contributed by atoms with Crippen molar-refractivity contribution < 1.29 is 14.6 Å². The van der Waals surface area contributed by atoms with Gasteiger partial charge in [-0.05, 0) is 36.7 Å². The number of aliphatic hydroxyl groups is 1. The highest BCUT2D eigenvalue weighted by Gasteiger charge is 2.38. The van der Waals surface area contributed by atoms with Crippen molar-refractivity contribution >= 4 is 6.09 Å². The summed E-state index contributed by atoms with van der Waals surface area (Å²) < 4.78 is 5.29. The molecule has 0 heterocycles. The summed E-state index contributed by atoms with van der Waals surface area (Å²) >= 11 is 0. The molecule has 0 radical (unpaired) electrons. The Bertz CT molecular complexity index is 488. The second kappa shape index (κ2) is 6.69. The van der Waals surface area contributed by atoms with E-state index in [2.05, 4.69) is 13.8 Å². The lowest BCUT2D eigenvalue weighted by Crippen LogP contribution is -2.47. The molecule has 1 fully saturated rings. The Morgan fingerprint density at radius 3 is 2.36 bits per heavy atom. The summed E-state index contributed by atoms with van der Waals surface area (Å²) in [6, 6.07) is 9.60. The standard InChI is InChI=1S/C18H27NO3/c1-17(2)9-11-18(21,12-10-17)14-19(3)16(20)22-13-15-7-5-4-6-8-15/h4-8,21H,9-14H2,1-3H3. The van der Waals surface area contributed by atoms with E-state index in [1.165, 1.54) is 4.90 Å². The Hall–Kier alpha value is -1.55. The molecule has 4 nitrogen and oxygen atoms in total. The number of nitrogens with zero attached hydrogens (tertiary/aromatic N) is 1. The fourth-order valence-corrected chi connectivity index (χ4v) is 2.89. The van der Waals surface area contributed by atoms with E-state index in [0.717, 1.165) is 31.2 Å². The Morgan fingerprint density at radius 2 is 1.77 bits per heavy atom. The summed E-state index contributed by atoms with van der Waals surface area (Å²) in [6.45, 7) is 5.04. The molecule has 0 bridgehead atoms. The second-order valence-corrected chi connectivity index (χ2v) is 7.28. The Labute approximate surface area is 133 Å². The fraction of sp³-hybridized carbons (Fsp3) is 0.611. The van der Waals surface area contributed by atoms with Crippen LogP contribution in [-0.4, -0.2) is 35.3 Å². The molecule has 0 aliphatic heterocycles. The normalized spacial score (nSPS) is 19.5. The van der Waals surface area contributed by atoms with Crippen LogP contribution in [0.1, 0.15) is 45.1 Å². The Balaban J connectivity index is 1.81. The maximum atomic E-state index is 12.1. The van der Waals surface area contributed by atoms with E-state index in [1.54, 1.807) is 7.05 Å². The molecule has 1 aromatic carbocycles. The molecule has 2 rings (SSSR count). The van der Waals surface area contributed by atoms with E-state index in [4.69, 9.17) is 4.74 Å². The van der Waals surface area contributed by atoms with Gasteiger partial charge in [0.25, 0.3) is 0 Å². The van der Waals surface area contributed by atoms with Gasteiger partial charge < -0.3 is 14.7 Å². The van der Waals surface area contributed by atoms with Gasteiger partial charge in [0.05, 0.1) is 12.1 Å². The Kier molecular flexibility index (Phi) is 5.12. The predicted octanol–water partition coefficient (Wildman–Crippen LogP) is 3.59. The van der Waals surface area contributed by atoms with Crippen LogP contribution < -0.4 is 0 Å². The molecule has 0 atom stereocenters. The number of carbonyl (C=O) groups excluding carboxylic acids is 1. The third-order valence-corrected chi connectivity index (χ3v) is 4.58. The van der Waals surface area contributed by atoms with Crippen molar-refractivity contribution in [2.45, 2.75) is 51.7 Å². The highest BCUT2D eigenvalue weighted by Crippen LogP contribution is 2.40. The monoisotopic (exact) mass is 305 g/mol. The quantitative estimate of drug-likeness (QED) is 0.925. The molecule has 1 N–H and O–H groups in total. The zero-order valence-electron chi connectivity index (χ0n) is 13.8. The van der Waals surface area contributed by atoms with E-state index in [9.17, 15) is 9.90 Å². The number of benzene rings is 1. The van der Waals surface area contributed by atoms with Crippen LogP contribution in [0.2, 0.25) is 0 Å². The van der Waals surface area contributed by atoms with Gasteiger partial charge in [0, 0.05) is 7.05 Å². The molecule has 122 valence electrons. The smallest absolute Gasteiger partial charge is 0.409 e. The van der Waals surface area contributed by atoms with Gasteiger partial charge in [0.15, 0.2) is 0 Å². The SMILES string of the molecule is CN(CC1(O)CCC(C)(C)CC1)C(=O)OCc1ccccc1. The van der Waals surface area contributed by atoms with E-state index in [0.29, 0.717) is 12.0 Å². The first-order chi connectivity index (χ1) is 10.3. The first-order valence-corrected chi connectivity index (χ1v) is 7.94. The third kappa shape index (κ3) is 4.73. The predicted molar refractivity (Wildman–Crippen MR) is 86.5 cm³/mol. The number of amides is 1. The summed E-state index contributed by atoms with van der Waals surface area (Å²) in [7, 11) is 1.69. The van der Waals surface area contributed by atoms with Crippen LogP contribution in [0.5, 0.6) is 0 Å². The van der Waals surface area contributed by atoms with E-state index >= 15 is 0 Å². The van der Waals surface area contributed by atoms with Crippen LogP contribution >= 0.6 is 0 Å². The van der Waals surface area contributed by atoms with Gasteiger partial charge in [0.2, 0.25) is 0 Å². The van der Waals surface area contributed by atoms with E-state index < -0.39 is 5.60 Å². The number of hydrogen-bond donors (Lipinski definition) is 1. The molecule has 0 unspecified atom stereocenters. The molecule has 1 amide bonds. The van der Waals surface area contributed by atoms with Crippen molar-refractivity contribution in [3.05, 3.63) is 35.9 Å². The van der Waals surface area contributed by atoms with Crippen molar-refractivity contribution in [2.75, 3.05) is 13.6 Å². The molecule has 1 aliphatic carbocycles. The number of rotatable bonds is 4. The highest BCUT2D eigenvalue weighted by atomic mass is 16.6. The van der Waals surface area contributed by atoms with Crippen molar-refractivity contribution in [1.82, 2.24) is 4.90 Å². The van der Waals surface area contributed by atoms with Crippen LogP contribution in [0.25, 0.3) is 0 Å². The first kappa shape index (κ1) is 16.8. The molecule has 0 saturated heterocycles. The van der Waals surface area contributed by atoms with Crippen molar-refractivity contribution in [3.63, 3.8) is 0 Å². The largest absolute Gasteiger partial charge is 0.445 e. The van der Waals surface area contributed by atoms with Crippen molar-refractivity contribution in [2.24, 2.45) is 5.41 Å². The van der Waals surface area contributed by atoms with Crippen LogP contribution in [0.3, 0.4) is 0 Å². The van der Waals surface area contributed by atoms with Crippen molar-refractivity contribution in [3.8, 4) is 0 Å².